The van der Waals surface area contributed by atoms with Crippen molar-refractivity contribution < 1.29 is 18.8 Å². The van der Waals surface area contributed by atoms with Gasteiger partial charge in [0.1, 0.15) is 18.9 Å². The minimum Gasteiger partial charge on any atom is -0.342 e. The van der Waals surface area contributed by atoms with Crippen LogP contribution in [0, 0.1) is 5.82 Å². The zero-order chi connectivity index (χ0) is 29.0. The van der Waals surface area contributed by atoms with Crippen molar-refractivity contribution >= 4 is 19.5 Å². The number of carbonyl (C=O) groups is 3. The molecule has 0 radical (unpaired) electrons. The largest absolute Gasteiger partial charge is 0.342 e. The Labute approximate surface area is 228 Å². The van der Waals surface area contributed by atoms with Gasteiger partial charge in [-0.1, -0.05) is 62.7 Å². The summed E-state index contributed by atoms with van der Waals surface area (Å²) in [5.41, 5.74) is 11.2. The van der Waals surface area contributed by atoms with Crippen LogP contribution in [-0.4, -0.2) is 69.3 Å². The molecular formula is C29H48FN5O3. The Bertz CT molecular complexity index is 797. The van der Waals surface area contributed by atoms with Gasteiger partial charge in [-0.25, -0.2) is 9.40 Å². The Morgan fingerprint density at radius 1 is 0.947 bits per heavy atom. The zero-order valence-corrected chi connectivity index (χ0v) is 23.6. The van der Waals surface area contributed by atoms with Crippen molar-refractivity contribution in [1.29, 1.82) is 0 Å². The molecule has 0 heterocycles. The minimum atomic E-state index is -0.276. The van der Waals surface area contributed by atoms with Crippen LogP contribution in [0.3, 0.4) is 0 Å². The highest BCUT2D eigenvalue weighted by Crippen LogP contribution is 2.05. The molecule has 0 bridgehead atoms. The summed E-state index contributed by atoms with van der Waals surface area (Å²) in [7, 11) is 3.89. The van der Waals surface area contributed by atoms with E-state index in [9.17, 15) is 14.0 Å². The molecule has 1 atom stereocenters. The topological polar surface area (TPSA) is 108 Å². The van der Waals surface area contributed by atoms with Crippen LogP contribution in [0.2, 0.25) is 0 Å². The highest BCUT2D eigenvalue weighted by atomic mass is 19.1. The summed E-state index contributed by atoms with van der Waals surface area (Å²) in [5.74, 6) is -0.229. The summed E-state index contributed by atoms with van der Waals surface area (Å²) >= 11 is 0. The van der Waals surface area contributed by atoms with E-state index in [-0.39, 0.29) is 12.0 Å². The number of nitrogens with zero attached hydrogens (tertiary/aromatic N) is 2. The van der Waals surface area contributed by atoms with Gasteiger partial charge in [-0.2, -0.15) is 0 Å². The average molecular weight is 534 g/mol. The van der Waals surface area contributed by atoms with E-state index in [0.29, 0.717) is 32.5 Å². The number of benzene rings is 2. The standard InChI is InChI=1S/C14H23N3O.C11H15FN2O.C3H8.CH2O/c1-17(11-14(15)16-12-18)10-6-5-9-13-7-3-2-4-8-13;1-14(7-2-8-15)13-9-10-3-5-11(12)6-4-10;1-3-2;1-2/h2-4,7-8,12,14H,5-6,9-11,15H2,1H3,(H,16,18);3-6,8,13H,2,7,9H2,1H3;3H2,1-2H3;1H2. The lowest BCUT2D eigenvalue weighted by molar-refractivity contribution is -0.110. The van der Waals surface area contributed by atoms with E-state index >= 15 is 0 Å². The third kappa shape index (κ3) is 23.4. The van der Waals surface area contributed by atoms with E-state index in [2.05, 4.69) is 53.8 Å². The monoisotopic (exact) mass is 533 g/mol. The van der Waals surface area contributed by atoms with Crippen LogP contribution >= 0.6 is 0 Å². The Hall–Kier alpha value is -2.98. The maximum atomic E-state index is 12.6. The number of likely N-dealkylation sites (N-methyl/N-ethyl adjacent to an activating group) is 1. The van der Waals surface area contributed by atoms with E-state index in [1.807, 2.05) is 32.0 Å². The molecule has 2 aromatic rings. The Balaban J connectivity index is 0. The van der Waals surface area contributed by atoms with E-state index in [1.54, 1.807) is 12.1 Å². The number of rotatable bonds is 15. The number of aryl methyl sites for hydroxylation is 1. The zero-order valence-electron chi connectivity index (χ0n) is 23.6. The summed E-state index contributed by atoms with van der Waals surface area (Å²) in [6.45, 7) is 9.24. The molecule has 0 aliphatic rings. The summed E-state index contributed by atoms with van der Waals surface area (Å²) < 4.78 is 12.6. The fourth-order valence-corrected chi connectivity index (χ4v) is 3.08. The third-order valence-corrected chi connectivity index (χ3v) is 4.94. The second-order valence-corrected chi connectivity index (χ2v) is 8.64. The van der Waals surface area contributed by atoms with E-state index < -0.39 is 0 Å². The van der Waals surface area contributed by atoms with Gasteiger partial charge in [0, 0.05) is 33.1 Å². The van der Waals surface area contributed by atoms with Crippen LogP contribution in [0.15, 0.2) is 54.6 Å². The molecule has 0 fully saturated rings. The highest BCUT2D eigenvalue weighted by Gasteiger charge is 2.04. The number of hydrogen-bond donors (Lipinski definition) is 3. The van der Waals surface area contributed by atoms with E-state index in [4.69, 9.17) is 10.5 Å². The molecule has 0 saturated heterocycles. The number of aldehydes is 1. The summed E-state index contributed by atoms with van der Waals surface area (Å²) in [6.07, 6.45) is 6.44. The van der Waals surface area contributed by atoms with Crippen molar-refractivity contribution in [1.82, 2.24) is 20.7 Å². The molecule has 1 amide bonds. The lowest BCUT2D eigenvalue weighted by Gasteiger charge is -2.20. The molecule has 0 aliphatic heterocycles. The van der Waals surface area contributed by atoms with Crippen LogP contribution in [0.5, 0.6) is 0 Å². The normalized spacial score (nSPS) is 10.6. The van der Waals surface area contributed by atoms with Crippen molar-refractivity contribution in [3.8, 4) is 0 Å². The number of nitrogens with one attached hydrogen (secondary N) is 2. The second kappa shape index (κ2) is 27.1. The van der Waals surface area contributed by atoms with E-state index in [0.717, 1.165) is 31.2 Å². The molecule has 4 N–H and O–H groups in total. The van der Waals surface area contributed by atoms with Crippen molar-refractivity contribution in [3.05, 3.63) is 71.5 Å². The molecule has 0 saturated carbocycles. The van der Waals surface area contributed by atoms with Gasteiger partial charge >= 0.3 is 0 Å². The first-order valence-electron chi connectivity index (χ1n) is 12.9. The Morgan fingerprint density at radius 2 is 1.55 bits per heavy atom. The smallest absolute Gasteiger partial charge is 0.208 e. The molecule has 2 rings (SSSR count). The van der Waals surface area contributed by atoms with Crippen molar-refractivity contribution in [2.24, 2.45) is 5.73 Å². The number of hydrazine groups is 1. The molecule has 38 heavy (non-hydrogen) atoms. The minimum absolute atomic E-state index is 0.229. The van der Waals surface area contributed by atoms with Gasteiger partial charge in [0.05, 0.1) is 6.17 Å². The molecule has 214 valence electrons. The lowest BCUT2D eigenvalue weighted by Crippen LogP contribution is -2.45. The fourth-order valence-electron chi connectivity index (χ4n) is 3.08. The maximum absolute atomic E-state index is 12.6. The van der Waals surface area contributed by atoms with Gasteiger partial charge in [-0.3, -0.25) is 10.2 Å². The highest BCUT2D eigenvalue weighted by molar-refractivity contribution is 5.49. The maximum Gasteiger partial charge on any atom is 0.208 e. The number of carbonyl (C=O) groups excluding carboxylic acids is 3. The van der Waals surface area contributed by atoms with Gasteiger partial charge in [-0.05, 0) is 56.1 Å². The lowest BCUT2D eigenvalue weighted by atomic mass is 10.1. The Morgan fingerprint density at radius 3 is 2.11 bits per heavy atom. The van der Waals surface area contributed by atoms with Crippen LogP contribution in [0.25, 0.3) is 0 Å². The van der Waals surface area contributed by atoms with Crippen LogP contribution in [0.4, 0.5) is 4.39 Å². The quantitative estimate of drug-likeness (QED) is 0.139. The van der Waals surface area contributed by atoms with Crippen LogP contribution < -0.4 is 16.5 Å². The average Bonchev–Trinajstić information content (AvgIpc) is 2.92. The van der Waals surface area contributed by atoms with Gasteiger partial charge in [-0.15, -0.1) is 0 Å². The van der Waals surface area contributed by atoms with Gasteiger partial charge in [0.25, 0.3) is 0 Å². The summed E-state index contributed by atoms with van der Waals surface area (Å²) in [6, 6.07) is 16.8. The first kappa shape index (κ1) is 37.2. The first-order valence-corrected chi connectivity index (χ1v) is 12.9. The first-order chi connectivity index (χ1) is 18.4. The molecule has 9 heteroatoms. The fraction of sp³-hybridized carbons (Fsp3) is 0.483. The van der Waals surface area contributed by atoms with Gasteiger partial charge < -0.3 is 25.5 Å². The molecule has 2 aromatic carbocycles. The number of halogens is 1. The summed E-state index contributed by atoms with van der Waals surface area (Å²) in [5, 5.41) is 4.39. The van der Waals surface area contributed by atoms with Crippen molar-refractivity contribution in [2.75, 3.05) is 33.7 Å². The predicted octanol–water partition coefficient (Wildman–Crippen LogP) is 3.55. The molecule has 0 aliphatic carbocycles. The molecule has 8 nitrogen and oxygen atoms in total. The number of nitrogens with two attached hydrogens (primary N) is 1. The predicted molar refractivity (Wildman–Crippen MR) is 154 cm³/mol. The number of hydrogen-bond acceptors (Lipinski definition) is 7. The molecule has 0 spiro atoms. The van der Waals surface area contributed by atoms with Crippen molar-refractivity contribution in [2.45, 2.75) is 58.7 Å². The number of amides is 1. The van der Waals surface area contributed by atoms with E-state index in [1.165, 1.54) is 30.5 Å². The molecular weight excluding hydrogens is 485 g/mol. The molecule has 1 unspecified atom stereocenters. The number of unbranched alkanes of at least 4 members (excludes halogenated alkanes) is 1. The second-order valence-electron chi connectivity index (χ2n) is 8.64. The van der Waals surface area contributed by atoms with Crippen LogP contribution in [0.1, 0.15) is 50.7 Å². The van der Waals surface area contributed by atoms with Gasteiger partial charge in [0.15, 0.2) is 0 Å². The molecule has 0 aromatic heterocycles. The van der Waals surface area contributed by atoms with Crippen molar-refractivity contribution in [3.63, 3.8) is 0 Å². The van der Waals surface area contributed by atoms with Gasteiger partial charge in [0.2, 0.25) is 6.41 Å². The Kier molecular flexibility index (Phi) is 26.5. The summed E-state index contributed by atoms with van der Waals surface area (Å²) in [4.78, 5) is 30.5. The van der Waals surface area contributed by atoms with Crippen LogP contribution in [-0.2, 0) is 27.3 Å². The SMILES string of the molecule is C=O.CCC.CN(CCC=O)NCc1ccc(F)cc1.CN(CCCCc1ccccc1)CC(N)NC=O. The third-order valence-electron chi connectivity index (χ3n) is 4.94.